The van der Waals surface area contributed by atoms with Crippen molar-refractivity contribution in [2.24, 2.45) is 0 Å². The van der Waals surface area contributed by atoms with Crippen molar-refractivity contribution in [2.75, 3.05) is 5.32 Å². The number of nitriles is 1. The second-order valence-electron chi connectivity index (χ2n) is 4.99. The molecule has 0 aliphatic heterocycles. The van der Waals surface area contributed by atoms with Crippen molar-refractivity contribution in [1.82, 2.24) is 0 Å². The third-order valence-corrected chi connectivity index (χ3v) is 3.70. The Morgan fingerprint density at radius 2 is 1.87 bits per heavy atom. The number of nitrogens with one attached hydrogen (secondary N) is 1. The minimum atomic E-state index is -0.376. The summed E-state index contributed by atoms with van der Waals surface area (Å²) in [5.74, 6) is -0.334. The molecule has 1 N–H and O–H groups in total. The fraction of sp³-hybridized carbons (Fsp3) is 0.167. The summed E-state index contributed by atoms with van der Waals surface area (Å²) in [6, 6.07) is 13.6. The molecule has 2 aromatic carbocycles. The highest BCUT2D eigenvalue weighted by Gasteiger charge is 2.17. The molecular weight excluding hydrogens is 312 g/mol. The largest absolute Gasteiger partial charge is 0.322 e. The van der Waals surface area contributed by atoms with Gasteiger partial charge in [-0.25, -0.2) is 0 Å². The number of ketones is 1. The molecule has 0 bridgehead atoms. The Morgan fingerprint density at radius 3 is 2.48 bits per heavy atom. The van der Waals surface area contributed by atoms with E-state index in [1.807, 2.05) is 6.07 Å². The van der Waals surface area contributed by atoms with Gasteiger partial charge in [0.25, 0.3) is 5.91 Å². The van der Waals surface area contributed by atoms with Crippen LogP contribution in [0.15, 0.2) is 42.5 Å². The van der Waals surface area contributed by atoms with Gasteiger partial charge in [-0.2, -0.15) is 5.26 Å². The molecule has 0 atom stereocenters. The molecule has 1 amide bonds. The van der Waals surface area contributed by atoms with Gasteiger partial charge in [0, 0.05) is 18.5 Å². The van der Waals surface area contributed by atoms with Gasteiger partial charge >= 0.3 is 0 Å². The molecule has 0 aromatic heterocycles. The summed E-state index contributed by atoms with van der Waals surface area (Å²) in [6.45, 7) is 1.78. The van der Waals surface area contributed by atoms with Crippen LogP contribution in [0.5, 0.6) is 0 Å². The Morgan fingerprint density at radius 1 is 1.17 bits per heavy atom. The number of benzene rings is 2. The van der Waals surface area contributed by atoms with E-state index >= 15 is 0 Å². The van der Waals surface area contributed by atoms with E-state index in [2.05, 4.69) is 5.32 Å². The van der Waals surface area contributed by atoms with E-state index in [4.69, 9.17) is 16.9 Å². The average molecular weight is 327 g/mol. The predicted octanol–water partition coefficient (Wildman–Crippen LogP) is 3.99. The van der Waals surface area contributed by atoms with E-state index in [0.717, 1.165) is 0 Å². The maximum atomic E-state index is 12.5. The van der Waals surface area contributed by atoms with Gasteiger partial charge in [-0.1, -0.05) is 30.7 Å². The topological polar surface area (TPSA) is 70.0 Å². The highest BCUT2D eigenvalue weighted by molar-refractivity contribution is 6.34. The van der Waals surface area contributed by atoms with Crippen LogP contribution >= 0.6 is 11.6 Å². The molecule has 4 nitrogen and oxygen atoms in total. The average Bonchev–Trinajstić information content (AvgIpc) is 2.55. The standard InChI is InChI=1S/C18H15ClN2O2/c1-2-15(22)10-13-4-3-5-16(19)17(13)18(23)21-14-8-6-12(11-20)7-9-14/h3-9H,2,10H2,1H3,(H,21,23). The van der Waals surface area contributed by atoms with Gasteiger partial charge < -0.3 is 5.32 Å². The predicted molar refractivity (Wildman–Crippen MR) is 89.6 cm³/mol. The van der Waals surface area contributed by atoms with Crippen molar-refractivity contribution in [3.05, 3.63) is 64.2 Å². The first-order chi connectivity index (χ1) is 11.0. The lowest BCUT2D eigenvalue weighted by molar-refractivity contribution is -0.118. The summed E-state index contributed by atoms with van der Waals surface area (Å²) < 4.78 is 0. The Balaban J connectivity index is 2.27. The Bertz CT molecular complexity index is 777. The number of halogens is 1. The number of nitrogens with zero attached hydrogens (tertiary/aromatic N) is 1. The van der Waals surface area contributed by atoms with Gasteiger partial charge in [0.1, 0.15) is 5.78 Å². The minimum Gasteiger partial charge on any atom is -0.322 e. The van der Waals surface area contributed by atoms with Crippen LogP contribution < -0.4 is 5.32 Å². The number of rotatable bonds is 5. The van der Waals surface area contributed by atoms with Gasteiger partial charge in [-0.05, 0) is 35.9 Å². The Labute approximate surface area is 139 Å². The maximum absolute atomic E-state index is 12.5. The van der Waals surface area contributed by atoms with Crippen LogP contribution in [0.4, 0.5) is 5.69 Å². The van der Waals surface area contributed by atoms with E-state index in [1.165, 1.54) is 0 Å². The van der Waals surface area contributed by atoms with Gasteiger partial charge in [0.15, 0.2) is 0 Å². The molecule has 0 radical (unpaired) electrons. The number of Topliss-reactive ketones (excluding diaryl/α,β-unsaturated/α-hetero) is 1. The van der Waals surface area contributed by atoms with E-state index in [1.54, 1.807) is 49.4 Å². The molecule has 5 heteroatoms. The van der Waals surface area contributed by atoms with Crippen molar-refractivity contribution in [1.29, 1.82) is 5.26 Å². The van der Waals surface area contributed by atoms with E-state index in [0.29, 0.717) is 33.8 Å². The SMILES string of the molecule is CCC(=O)Cc1cccc(Cl)c1C(=O)Nc1ccc(C#N)cc1. The van der Waals surface area contributed by atoms with Crippen molar-refractivity contribution >= 4 is 29.0 Å². The molecule has 0 unspecified atom stereocenters. The molecule has 2 rings (SSSR count). The fourth-order valence-corrected chi connectivity index (χ4v) is 2.41. The molecular formula is C18H15ClN2O2. The van der Waals surface area contributed by atoms with Crippen molar-refractivity contribution in [2.45, 2.75) is 19.8 Å². The quantitative estimate of drug-likeness (QED) is 0.903. The number of carbonyl (C=O) groups is 2. The zero-order valence-electron chi connectivity index (χ0n) is 12.6. The van der Waals surface area contributed by atoms with Crippen molar-refractivity contribution < 1.29 is 9.59 Å². The first-order valence-corrected chi connectivity index (χ1v) is 7.53. The van der Waals surface area contributed by atoms with Crippen molar-refractivity contribution in [3.8, 4) is 6.07 Å². The normalized spacial score (nSPS) is 9.96. The van der Waals surface area contributed by atoms with Crippen LogP contribution in [0.3, 0.4) is 0 Å². The summed E-state index contributed by atoms with van der Waals surface area (Å²) in [6.07, 6.45) is 0.580. The molecule has 0 aliphatic rings. The summed E-state index contributed by atoms with van der Waals surface area (Å²) >= 11 is 6.15. The number of anilines is 1. The minimum absolute atomic E-state index is 0.0414. The zero-order chi connectivity index (χ0) is 16.8. The molecule has 0 heterocycles. The van der Waals surface area contributed by atoms with Crippen LogP contribution in [-0.4, -0.2) is 11.7 Å². The molecule has 0 saturated carbocycles. The van der Waals surface area contributed by atoms with Gasteiger partial charge in [0.05, 0.1) is 22.2 Å². The second-order valence-corrected chi connectivity index (χ2v) is 5.39. The number of hydrogen-bond donors (Lipinski definition) is 1. The van der Waals surface area contributed by atoms with Crippen LogP contribution in [0.2, 0.25) is 5.02 Å². The second kappa shape index (κ2) is 7.57. The third kappa shape index (κ3) is 4.18. The van der Waals surface area contributed by atoms with Crippen LogP contribution in [-0.2, 0) is 11.2 Å². The van der Waals surface area contributed by atoms with Gasteiger partial charge in [-0.3, -0.25) is 9.59 Å². The fourth-order valence-electron chi connectivity index (χ4n) is 2.13. The molecule has 0 spiro atoms. The molecule has 116 valence electrons. The smallest absolute Gasteiger partial charge is 0.257 e. The highest BCUT2D eigenvalue weighted by Crippen LogP contribution is 2.23. The molecule has 0 aliphatic carbocycles. The lowest BCUT2D eigenvalue weighted by atomic mass is 10.0. The van der Waals surface area contributed by atoms with E-state index in [-0.39, 0.29) is 18.1 Å². The first-order valence-electron chi connectivity index (χ1n) is 7.15. The van der Waals surface area contributed by atoms with Gasteiger partial charge in [-0.15, -0.1) is 0 Å². The van der Waals surface area contributed by atoms with Gasteiger partial charge in [0.2, 0.25) is 0 Å². The lowest BCUT2D eigenvalue weighted by Crippen LogP contribution is -2.16. The van der Waals surface area contributed by atoms with Crippen molar-refractivity contribution in [3.63, 3.8) is 0 Å². The van der Waals surface area contributed by atoms with Crippen LogP contribution in [0.1, 0.15) is 34.8 Å². The molecule has 0 fully saturated rings. The monoisotopic (exact) mass is 326 g/mol. The zero-order valence-corrected chi connectivity index (χ0v) is 13.4. The Kier molecular flexibility index (Phi) is 5.51. The van der Waals surface area contributed by atoms with Crippen LogP contribution in [0, 0.1) is 11.3 Å². The molecule has 23 heavy (non-hydrogen) atoms. The highest BCUT2D eigenvalue weighted by atomic mass is 35.5. The number of carbonyl (C=O) groups excluding carboxylic acids is 2. The van der Waals surface area contributed by atoms with E-state index in [9.17, 15) is 9.59 Å². The third-order valence-electron chi connectivity index (χ3n) is 3.38. The Hall–Kier alpha value is -2.64. The number of hydrogen-bond acceptors (Lipinski definition) is 3. The lowest BCUT2D eigenvalue weighted by Gasteiger charge is -2.11. The summed E-state index contributed by atoms with van der Waals surface area (Å²) in [5, 5.41) is 11.8. The van der Waals surface area contributed by atoms with E-state index < -0.39 is 0 Å². The summed E-state index contributed by atoms with van der Waals surface area (Å²) in [4.78, 5) is 24.2. The maximum Gasteiger partial charge on any atom is 0.257 e. The summed E-state index contributed by atoms with van der Waals surface area (Å²) in [7, 11) is 0. The number of amides is 1. The summed E-state index contributed by atoms with van der Waals surface area (Å²) in [5.41, 5.74) is 1.98. The van der Waals surface area contributed by atoms with Crippen LogP contribution in [0.25, 0.3) is 0 Å². The first kappa shape index (κ1) is 16.7. The molecule has 0 saturated heterocycles. The molecule has 2 aromatic rings.